The summed E-state index contributed by atoms with van der Waals surface area (Å²) in [5, 5.41) is 15.7. The number of nitrogens with one attached hydrogen (secondary N) is 2. The van der Waals surface area contributed by atoms with Crippen LogP contribution in [0.25, 0.3) is 22.3 Å². The molecule has 0 aliphatic heterocycles. The normalized spacial score (nSPS) is 11.9. The third kappa shape index (κ3) is 3.19. The molecular weight excluding hydrogens is 355 g/mol. The number of benzene rings is 1. The fourth-order valence-corrected chi connectivity index (χ4v) is 3.20. The van der Waals surface area contributed by atoms with Gasteiger partial charge in [0.05, 0.1) is 41.5 Å². The van der Waals surface area contributed by atoms with Crippen LogP contribution in [0.3, 0.4) is 0 Å². The zero-order valence-electron chi connectivity index (χ0n) is 15.4. The molecule has 1 aromatic carbocycles. The topological polar surface area (TPSA) is 71.4 Å². The van der Waals surface area contributed by atoms with Crippen LogP contribution in [0.5, 0.6) is 0 Å². The van der Waals surface area contributed by atoms with E-state index in [2.05, 4.69) is 44.8 Å². The Bertz CT molecular complexity index is 1140. The number of fused-ring (bicyclic) bond motifs is 1. The first-order chi connectivity index (χ1) is 13.7. The van der Waals surface area contributed by atoms with Gasteiger partial charge in [0.2, 0.25) is 0 Å². The molecule has 7 heteroatoms. The maximum atomic E-state index is 13.3. The van der Waals surface area contributed by atoms with Gasteiger partial charge in [-0.3, -0.25) is 10.1 Å². The quantitative estimate of drug-likeness (QED) is 0.498. The molecule has 0 fully saturated rings. The highest BCUT2D eigenvalue weighted by Crippen LogP contribution is 2.27. The standard InChI is InChI=1S/C21H19FN6/c1-3-19(14-9-24-25-10-14)27-20(4-2)17-11-23-13-21-18(17)12-26-28(21)16-7-5-15(22)6-8-16/h5-13,19,27H,2-3H2,1H3,(H,24,25). The van der Waals surface area contributed by atoms with Gasteiger partial charge >= 0.3 is 0 Å². The third-order valence-corrected chi connectivity index (χ3v) is 4.66. The Morgan fingerprint density at radius 3 is 2.75 bits per heavy atom. The Morgan fingerprint density at radius 2 is 2.07 bits per heavy atom. The molecule has 3 heterocycles. The number of rotatable bonds is 6. The SMILES string of the molecule is C=C=C(NC(CC)c1cn[nH]c1)c1cncc2c1cnn2-c1ccc(F)cc1. The molecular formula is C21H19FN6. The summed E-state index contributed by atoms with van der Waals surface area (Å²) in [4.78, 5) is 4.37. The zero-order valence-corrected chi connectivity index (χ0v) is 15.4. The van der Waals surface area contributed by atoms with Crippen molar-refractivity contribution in [3.05, 3.63) is 84.5 Å². The van der Waals surface area contributed by atoms with Crippen LogP contribution in [-0.2, 0) is 0 Å². The molecule has 0 bridgehead atoms. The lowest BCUT2D eigenvalue weighted by atomic mass is 10.1. The largest absolute Gasteiger partial charge is 0.371 e. The minimum atomic E-state index is -0.287. The second-order valence-electron chi connectivity index (χ2n) is 6.34. The Balaban J connectivity index is 1.74. The van der Waals surface area contributed by atoms with Gasteiger partial charge in [0.15, 0.2) is 0 Å². The molecule has 3 aromatic heterocycles. The number of hydrogen-bond acceptors (Lipinski definition) is 4. The van der Waals surface area contributed by atoms with E-state index in [-0.39, 0.29) is 11.9 Å². The summed E-state index contributed by atoms with van der Waals surface area (Å²) in [5.74, 6) is -0.287. The molecule has 0 aliphatic carbocycles. The summed E-state index contributed by atoms with van der Waals surface area (Å²) in [7, 11) is 0. The summed E-state index contributed by atoms with van der Waals surface area (Å²) in [6, 6.07) is 6.25. The Morgan fingerprint density at radius 1 is 1.25 bits per heavy atom. The number of nitrogens with zero attached hydrogens (tertiary/aromatic N) is 4. The number of H-pyrrole nitrogens is 1. The van der Waals surface area contributed by atoms with Crippen LogP contribution in [0, 0.1) is 5.82 Å². The first-order valence-electron chi connectivity index (χ1n) is 8.94. The van der Waals surface area contributed by atoms with Crippen LogP contribution in [0.15, 0.2) is 67.6 Å². The maximum absolute atomic E-state index is 13.3. The summed E-state index contributed by atoms with van der Waals surface area (Å²) in [6.07, 6.45) is 9.81. The van der Waals surface area contributed by atoms with Crippen molar-refractivity contribution in [3.63, 3.8) is 0 Å². The molecule has 0 aliphatic rings. The van der Waals surface area contributed by atoms with E-state index < -0.39 is 0 Å². The lowest BCUT2D eigenvalue weighted by Gasteiger charge is -2.18. The van der Waals surface area contributed by atoms with Gasteiger partial charge < -0.3 is 5.32 Å². The van der Waals surface area contributed by atoms with Crippen molar-refractivity contribution in [2.24, 2.45) is 0 Å². The van der Waals surface area contributed by atoms with Gasteiger partial charge in [-0.15, -0.1) is 5.73 Å². The van der Waals surface area contributed by atoms with Crippen LogP contribution in [0.1, 0.15) is 30.5 Å². The predicted molar refractivity (Wildman–Crippen MR) is 106 cm³/mol. The number of halogens is 1. The molecule has 0 saturated heterocycles. The molecule has 0 amide bonds. The van der Waals surface area contributed by atoms with Crippen LogP contribution >= 0.6 is 0 Å². The van der Waals surface area contributed by atoms with Crippen LogP contribution in [-0.4, -0.2) is 25.0 Å². The van der Waals surface area contributed by atoms with Crippen molar-refractivity contribution in [2.75, 3.05) is 0 Å². The van der Waals surface area contributed by atoms with Gasteiger partial charge in [-0.1, -0.05) is 13.5 Å². The molecule has 4 rings (SSSR count). The van der Waals surface area contributed by atoms with E-state index >= 15 is 0 Å². The smallest absolute Gasteiger partial charge is 0.123 e. The molecule has 0 saturated carbocycles. The van der Waals surface area contributed by atoms with Crippen LogP contribution < -0.4 is 5.32 Å². The van der Waals surface area contributed by atoms with Crippen molar-refractivity contribution in [1.82, 2.24) is 30.3 Å². The van der Waals surface area contributed by atoms with E-state index in [4.69, 9.17) is 0 Å². The van der Waals surface area contributed by atoms with E-state index in [0.29, 0.717) is 0 Å². The van der Waals surface area contributed by atoms with Gasteiger partial charge in [-0.2, -0.15) is 10.2 Å². The minimum absolute atomic E-state index is 0.0606. The summed E-state index contributed by atoms with van der Waals surface area (Å²) in [5.41, 5.74) is 7.21. The summed E-state index contributed by atoms with van der Waals surface area (Å²) < 4.78 is 15.0. The minimum Gasteiger partial charge on any atom is -0.371 e. The van der Waals surface area contributed by atoms with Crippen LogP contribution in [0.4, 0.5) is 4.39 Å². The van der Waals surface area contributed by atoms with Crippen molar-refractivity contribution >= 4 is 16.6 Å². The number of aromatic amines is 1. The highest BCUT2D eigenvalue weighted by Gasteiger charge is 2.16. The van der Waals surface area contributed by atoms with Crippen LogP contribution in [0.2, 0.25) is 0 Å². The average Bonchev–Trinajstić information content (AvgIpc) is 3.40. The second-order valence-corrected chi connectivity index (χ2v) is 6.34. The average molecular weight is 374 g/mol. The van der Waals surface area contributed by atoms with Crippen molar-refractivity contribution in [1.29, 1.82) is 0 Å². The van der Waals surface area contributed by atoms with Crippen molar-refractivity contribution in [2.45, 2.75) is 19.4 Å². The van der Waals surface area contributed by atoms with Crippen molar-refractivity contribution in [3.8, 4) is 5.69 Å². The molecule has 28 heavy (non-hydrogen) atoms. The Kier molecular flexibility index (Phi) is 4.74. The van der Waals surface area contributed by atoms with Gasteiger partial charge in [0, 0.05) is 28.9 Å². The lowest BCUT2D eigenvalue weighted by Crippen LogP contribution is -2.18. The molecule has 1 atom stereocenters. The van der Waals surface area contributed by atoms with E-state index in [0.717, 1.165) is 39.8 Å². The van der Waals surface area contributed by atoms with Gasteiger partial charge in [-0.05, 0) is 30.7 Å². The van der Waals surface area contributed by atoms with E-state index in [1.165, 1.54) is 12.1 Å². The molecule has 4 aromatic rings. The fraction of sp³-hybridized carbons (Fsp3) is 0.143. The molecule has 140 valence electrons. The highest BCUT2D eigenvalue weighted by molar-refractivity contribution is 5.91. The van der Waals surface area contributed by atoms with E-state index in [1.807, 2.05) is 6.20 Å². The summed E-state index contributed by atoms with van der Waals surface area (Å²) >= 11 is 0. The predicted octanol–water partition coefficient (Wildman–Crippen LogP) is 4.15. The molecule has 1 unspecified atom stereocenters. The summed E-state index contributed by atoms with van der Waals surface area (Å²) in [6.45, 7) is 5.94. The van der Waals surface area contributed by atoms with Gasteiger partial charge in [0.25, 0.3) is 0 Å². The third-order valence-electron chi connectivity index (χ3n) is 4.66. The first kappa shape index (κ1) is 17.7. The van der Waals surface area contributed by atoms with E-state index in [1.54, 1.807) is 41.6 Å². The molecule has 6 nitrogen and oxygen atoms in total. The zero-order chi connectivity index (χ0) is 19.5. The second kappa shape index (κ2) is 7.50. The maximum Gasteiger partial charge on any atom is 0.123 e. The molecule has 0 radical (unpaired) electrons. The van der Waals surface area contributed by atoms with Gasteiger partial charge in [0.1, 0.15) is 5.82 Å². The molecule has 2 N–H and O–H groups in total. The van der Waals surface area contributed by atoms with Crippen molar-refractivity contribution < 1.29 is 4.39 Å². The number of hydrogen-bond donors (Lipinski definition) is 2. The van der Waals surface area contributed by atoms with Gasteiger partial charge in [-0.25, -0.2) is 9.07 Å². The van der Waals surface area contributed by atoms with E-state index in [9.17, 15) is 4.39 Å². The Hall–Kier alpha value is -3.70. The molecule has 0 spiro atoms. The number of aromatic nitrogens is 5. The first-order valence-corrected chi connectivity index (χ1v) is 8.94. The monoisotopic (exact) mass is 374 g/mol. The fourth-order valence-electron chi connectivity index (χ4n) is 3.20. The Labute approximate surface area is 161 Å². The highest BCUT2D eigenvalue weighted by atomic mass is 19.1. The lowest BCUT2D eigenvalue weighted by molar-refractivity contribution is 0.614. The number of pyridine rings is 1.